The molecule has 2 aromatic rings. The number of sulfonamides is 1. The van der Waals surface area contributed by atoms with Crippen molar-refractivity contribution in [3.8, 4) is 5.75 Å². The first kappa shape index (κ1) is 18.7. The van der Waals surface area contributed by atoms with Crippen molar-refractivity contribution in [2.75, 3.05) is 18.4 Å². The molecule has 140 valence electrons. The van der Waals surface area contributed by atoms with E-state index in [2.05, 4.69) is 4.72 Å². The van der Waals surface area contributed by atoms with Crippen LogP contribution in [0.2, 0.25) is 0 Å². The molecule has 1 aromatic carbocycles. The minimum Gasteiger partial charge on any atom is -0.495 e. The number of hydrogen-bond acceptors (Lipinski definition) is 5. The van der Waals surface area contributed by atoms with Gasteiger partial charge in [0.2, 0.25) is 5.91 Å². The molecule has 1 N–H and O–H groups in total. The SMILES string of the molecule is CCC(=O)N1CCc2sc(S(=O)(=O)Nc3cc(C)ccc3OC)cc2C1. The molecule has 0 saturated heterocycles. The van der Waals surface area contributed by atoms with Crippen LogP contribution < -0.4 is 9.46 Å². The Balaban J connectivity index is 1.87. The number of thiophene rings is 1. The Labute approximate surface area is 157 Å². The van der Waals surface area contributed by atoms with Crippen molar-refractivity contribution in [2.45, 2.75) is 37.4 Å². The number of nitrogens with one attached hydrogen (secondary N) is 1. The van der Waals surface area contributed by atoms with Crippen molar-refractivity contribution in [1.29, 1.82) is 0 Å². The van der Waals surface area contributed by atoms with Gasteiger partial charge in [-0.15, -0.1) is 11.3 Å². The molecule has 3 rings (SSSR count). The predicted molar refractivity (Wildman–Crippen MR) is 102 cm³/mol. The molecule has 0 unspecified atom stereocenters. The van der Waals surface area contributed by atoms with Crippen LogP contribution in [0.1, 0.15) is 29.3 Å². The molecule has 1 amide bonds. The third-order valence-corrected chi connectivity index (χ3v) is 7.44. The van der Waals surface area contributed by atoms with E-state index < -0.39 is 10.0 Å². The van der Waals surface area contributed by atoms with Crippen LogP contribution in [0.3, 0.4) is 0 Å². The fraction of sp³-hybridized carbons (Fsp3) is 0.389. The smallest absolute Gasteiger partial charge is 0.271 e. The van der Waals surface area contributed by atoms with Crippen molar-refractivity contribution in [3.63, 3.8) is 0 Å². The molecule has 1 aromatic heterocycles. The Morgan fingerprint density at radius 2 is 2.12 bits per heavy atom. The Bertz CT molecular complexity index is 935. The molecule has 6 nitrogen and oxygen atoms in total. The average molecular weight is 395 g/mol. The fourth-order valence-corrected chi connectivity index (χ4v) is 5.58. The molecule has 0 saturated carbocycles. The highest BCUT2D eigenvalue weighted by molar-refractivity contribution is 7.94. The zero-order valence-electron chi connectivity index (χ0n) is 15.0. The molecule has 2 heterocycles. The van der Waals surface area contributed by atoms with E-state index in [1.165, 1.54) is 18.4 Å². The molecule has 0 fully saturated rings. The highest BCUT2D eigenvalue weighted by Gasteiger charge is 2.26. The number of carbonyl (C=O) groups is 1. The summed E-state index contributed by atoms with van der Waals surface area (Å²) in [6, 6.07) is 7.02. The van der Waals surface area contributed by atoms with Gasteiger partial charge in [-0.25, -0.2) is 8.42 Å². The van der Waals surface area contributed by atoms with E-state index in [-0.39, 0.29) is 10.1 Å². The number of anilines is 1. The Morgan fingerprint density at radius 3 is 2.81 bits per heavy atom. The van der Waals surface area contributed by atoms with E-state index in [1.807, 2.05) is 19.9 Å². The number of methoxy groups -OCH3 is 1. The van der Waals surface area contributed by atoms with Gasteiger partial charge in [-0.2, -0.15) is 0 Å². The van der Waals surface area contributed by atoms with Crippen LogP contribution in [0.25, 0.3) is 0 Å². The Kier molecular flexibility index (Phi) is 5.24. The summed E-state index contributed by atoms with van der Waals surface area (Å²) in [5.74, 6) is 0.564. The summed E-state index contributed by atoms with van der Waals surface area (Å²) in [5, 5.41) is 0. The molecule has 1 aliphatic rings. The van der Waals surface area contributed by atoms with Gasteiger partial charge in [-0.05, 0) is 42.7 Å². The van der Waals surface area contributed by atoms with Crippen molar-refractivity contribution < 1.29 is 17.9 Å². The van der Waals surface area contributed by atoms with Crippen molar-refractivity contribution in [3.05, 3.63) is 40.3 Å². The zero-order valence-corrected chi connectivity index (χ0v) is 16.7. The molecule has 1 aliphatic heterocycles. The van der Waals surface area contributed by atoms with E-state index >= 15 is 0 Å². The summed E-state index contributed by atoms with van der Waals surface area (Å²) in [7, 11) is -2.21. The molecule has 0 bridgehead atoms. The normalized spacial score (nSPS) is 14.0. The third kappa shape index (κ3) is 3.71. The summed E-state index contributed by atoms with van der Waals surface area (Å²) in [5.41, 5.74) is 2.27. The van der Waals surface area contributed by atoms with E-state index in [0.717, 1.165) is 16.0 Å². The molecule has 26 heavy (non-hydrogen) atoms. The number of fused-ring (bicyclic) bond motifs is 1. The van der Waals surface area contributed by atoms with Crippen LogP contribution in [0, 0.1) is 6.92 Å². The largest absolute Gasteiger partial charge is 0.495 e. The number of nitrogens with zero attached hydrogens (tertiary/aromatic N) is 1. The standard InChI is InChI=1S/C18H22N2O4S2/c1-4-17(21)20-8-7-16-13(11-20)10-18(25-16)26(22,23)19-14-9-12(2)5-6-15(14)24-3/h5-6,9-10,19H,4,7-8,11H2,1-3H3. The van der Waals surface area contributed by atoms with Gasteiger partial charge in [-0.1, -0.05) is 13.0 Å². The van der Waals surface area contributed by atoms with Crippen molar-refractivity contribution >= 4 is 33.0 Å². The van der Waals surface area contributed by atoms with Crippen LogP contribution in [0.4, 0.5) is 5.69 Å². The van der Waals surface area contributed by atoms with Gasteiger partial charge in [0.1, 0.15) is 9.96 Å². The first-order valence-electron chi connectivity index (χ1n) is 8.41. The van der Waals surface area contributed by atoms with E-state index in [1.54, 1.807) is 23.1 Å². The Hall–Kier alpha value is -2.06. The first-order chi connectivity index (χ1) is 12.3. The molecule has 0 atom stereocenters. The minimum absolute atomic E-state index is 0.0916. The second-order valence-electron chi connectivity index (χ2n) is 6.24. The van der Waals surface area contributed by atoms with Gasteiger partial charge in [0.25, 0.3) is 10.0 Å². The third-order valence-electron chi connectivity index (χ3n) is 4.36. The minimum atomic E-state index is -3.71. The predicted octanol–water partition coefficient (Wildman–Crippen LogP) is 3.16. The van der Waals surface area contributed by atoms with Crippen LogP contribution in [-0.2, 0) is 27.8 Å². The topological polar surface area (TPSA) is 75.7 Å². The maximum absolute atomic E-state index is 12.8. The maximum atomic E-state index is 12.8. The van der Waals surface area contributed by atoms with Crippen molar-refractivity contribution in [2.24, 2.45) is 0 Å². The second-order valence-corrected chi connectivity index (χ2v) is 9.29. The van der Waals surface area contributed by atoms with E-state index in [0.29, 0.717) is 37.4 Å². The maximum Gasteiger partial charge on any atom is 0.271 e. The number of rotatable bonds is 5. The number of ether oxygens (including phenoxy) is 1. The number of aryl methyl sites for hydroxylation is 1. The lowest BCUT2D eigenvalue weighted by Gasteiger charge is -2.26. The fourth-order valence-electron chi connectivity index (χ4n) is 2.97. The molecule has 0 radical (unpaired) electrons. The lowest BCUT2D eigenvalue weighted by molar-refractivity contribution is -0.131. The number of amides is 1. The number of benzene rings is 1. The van der Waals surface area contributed by atoms with Gasteiger partial charge in [0, 0.05) is 24.4 Å². The summed E-state index contributed by atoms with van der Waals surface area (Å²) >= 11 is 1.27. The Morgan fingerprint density at radius 1 is 1.35 bits per heavy atom. The summed E-state index contributed by atoms with van der Waals surface area (Å²) in [4.78, 5) is 14.7. The highest BCUT2D eigenvalue weighted by atomic mass is 32.2. The molecule has 0 aliphatic carbocycles. The summed E-state index contributed by atoms with van der Waals surface area (Å²) < 4.78 is 33.8. The van der Waals surface area contributed by atoms with Crippen molar-refractivity contribution in [1.82, 2.24) is 4.90 Å². The van der Waals surface area contributed by atoms with Gasteiger partial charge >= 0.3 is 0 Å². The molecule has 8 heteroatoms. The number of carbonyl (C=O) groups excluding carboxylic acids is 1. The van der Waals surface area contributed by atoms with Gasteiger partial charge in [0.05, 0.1) is 12.8 Å². The average Bonchev–Trinajstić information content (AvgIpc) is 3.05. The van der Waals surface area contributed by atoms with Crippen LogP contribution in [0.5, 0.6) is 5.75 Å². The lowest BCUT2D eigenvalue weighted by atomic mass is 10.1. The van der Waals surface area contributed by atoms with Crippen LogP contribution >= 0.6 is 11.3 Å². The monoisotopic (exact) mass is 394 g/mol. The zero-order chi connectivity index (χ0) is 18.9. The quantitative estimate of drug-likeness (QED) is 0.845. The van der Waals surface area contributed by atoms with Gasteiger partial charge in [-0.3, -0.25) is 9.52 Å². The summed E-state index contributed by atoms with van der Waals surface area (Å²) in [6.45, 7) is 4.83. The molecular weight excluding hydrogens is 372 g/mol. The van der Waals surface area contributed by atoms with Crippen LogP contribution in [-0.4, -0.2) is 32.9 Å². The molecular formula is C18H22N2O4S2. The van der Waals surface area contributed by atoms with Gasteiger partial charge < -0.3 is 9.64 Å². The van der Waals surface area contributed by atoms with E-state index in [9.17, 15) is 13.2 Å². The lowest BCUT2D eigenvalue weighted by Crippen LogP contribution is -2.34. The number of hydrogen-bond donors (Lipinski definition) is 1. The van der Waals surface area contributed by atoms with E-state index in [4.69, 9.17) is 4.74 Å². The first-order valence-corrected chi connectivity index (χ1v) is 10.7. The summed E-state index contributed by atoms with van der Waals surface area (Å²) in [6.07, 6.45) is 1.15. The highest BCUT2D eigenvalue weighted by Crippen LogP contribution is 2.34. The van der Waals surface area contributed by atoms with Crippen LogP contribution in [0.15, 0.2) is 28.5 Å². The molecule has 0 spiro atoms. The van der Waals surface area contributed by atoms with Gasteiger partial charge in [0.15, 0.2) is 0 Å². The second kappa shape index (κ2) is 7.28.